The van der Waals surface area contributed by atoms with Crippen LogP contribution in [0.4, 0.5) is 8.78 Å². The van der Waals surface area contributed by atoms with E-state index < -0.39 is 17.2 Å². The standard InChI is InChI=1S/C14H16BrF2N3O/c1-13(14(2,16)17)8-19-4-3-11(20(19)12(13)21)9-5-10(15)7-18-6-9/h5-7,11H,3-4,8H2,1-2H3. The number of amides is 1. The molecule has 1 aromatic heterocycles. The highest BCUT2D eigenvalue weighted by molar-refractivity contribution is 9.10. The van der Waals surface area contributed by atoms with E-state index in [4.69, 9.17) is 0 Å². The van der Waals surface area contributed by atoms with Gasteiger partial charge in [-0.15, -0.1) is 0 Å². The van der Waals surface area contributed by atoms with Gasteiger partial charge in [-0.2, -0.15) is 0 Å². The molecular formula is C14H16BrF2N3O. The third-order valence-corrected chi connectivity index (χ3v) is 4.95. The fourth-order valence-corrected chi connectivity index (χ4v) is 3.44. The Balaban J connectivity index is 1.95. The minimum Gasteiger partial charge on any atom is -0.272 e. The SMILES string of the molecule is CC(F)(F)C1(C)CN2CCC(c3cncc(Br)c3)N2C1=O. The van der Waals surface area contributed by atoms with E-state index >= 15 is 0 Å². The number of fused-ring (bicyclic) bond motifs is 1. The number of carbonyl (C=O) groups excluding carboxylic acids is 1. The van der Waals surface area contributed by atoms with Crippen LogP contribution in [-0.4, -0.2) is 39.9 Å². The molecular weight excluding hydrogens is 344 g/mol. The van der Waals surface area contributed by atoms with Crippen LogP contribution in [0.1, 0.15) is 31.9 Å². The molecule has 114 valence electrons. The lowest BCUT2D eigenvalue weighted by molar-refractivity contribution is -0.156. The Morgan fingerprint density at radius 1 is 1.48 bits per heavy atom. The molecule has 2 saturated heterocycles. The zero-order valence-electron chi connectivity index (χ0n) is 11.8. The second-order valence-corrected chi connectivity index (χ2v) is 6.92. The number of hydrogen-bond acceptors (Lipinski definition) is 3. The van der Waals surface area contributed by atoms with Crippen molar-refractivity contribution in [1.29, 1.82) is 0 Å². The van der Waals surface area contributed by atoms with E-state index in [1.807, 2.05) is 6.07 Å². The van der Waals surface area contributed by atoms with Crippen molar-refractivity contribution in [3.63, 3.8) is 0 Å². The highest BCUT2D eigenvalue weighted by atomic mass is 79.9. The van der Waals surface area contributed by atoms with E-state index in [1.165, 1.54) is 11.9 Å². The van der Waals surface area contributed by atoms with Crippen LogP contribution in [0.5, 0.6) is 0 Å². The summed E-state index contributed by atoms with van der Waals surface area (Å²) in [5.41, 5.74) is -0.797. The summed E-state index contributed by atoms with van der Waals surface area (Å²) in [5.74, 6) is -3.55. The topological polar surface area (TPSA) is 36.4 Å². The molecule has 2 aliphatic heterocycles. The van der Waals surface area contributed by atoms with E-state index in [0.29, 0.717) is 6.54 Å². The fourth-order valence-electron chi connectivity index (χ4n) is 3.05. The minimum absolute atomic E-state index is 0.0628. The summed E-state index contributed by atoms with van der Waals surface area (Å²) in [6.45, 7) is 2.84. The molecule has 0 aliphatic carbocycles. The van der Waals surface area contributed by atoms with Crippen LogP contribution in [-0.2, 0) is 4.79 Å². The number of hydrogen-bond donors (Lipinski definition) is 0. The van der Waals surface area contributed by atoms with Crippen LogP contribution in [0.2, 0.25) is 0 Å². The van der Waals surface area contributed by atoms with Crippen molar-refractivity contribution in [2.24, 2.45) is 5.41 Å². The van der Waals surface area contributed by atoms with Gasteiger partial charge in [0.05, 0.1) is 6.04 Å². The van der Waals surface area contributed by atoms with Crippen LogP contribution in [0.25, 0.3) is 0 Å². The van der Waals surface area contributed by atoms with Crippen LogP contribution in [0, 0.1) is 5.41 Å². The van der Waals surface area contributed by atoms with E-state index in [2.05, 4.69) is 20.9 Å². The lowest BCUT2D eigenvalue weighted by Crippen LogP contribution is -2.45. The van der Waals surface area contributed by atoms with Gasteiger partial charge in [0.1, 0.15) is 5.41 Å². The van der Waals surface area contributed by atoms with Gasteiger partial charge in [-0.1, -0.05) is 0 Å². The van der Waals surface area contributed by atoms with Crippen LogP contribution >= 0.6 is 15.9 Å². The number of pyridine rings is 1. The summed E-state index contributed by atoms with van der Waals surface area (Å²) in [5, 5.41) is 3.24. The minimum atomic E-state index is -3.05. The molecule has 3 rings (SSSR count). The maximum atomic E-state index is 13.9. The number of alkyl halides is 2. The monoisotopic (exact) mass is 359 g/mol. The molecule has 0 saturated carbocycles. The molecule has 2 atom stereocenters. The molecule has 21 heavy (non-hydrogen) atoms. The number of carbonyl (C=O) groups is 1. The lowest BCUT2D eigenvalue weighted by Gasteiger charge is -2.30. The van der Waals surface area contributed by atoms with E-state index in [1.54, 1.807) is 17.4 Å². The van der Waals surface area contributed by atoms with Crippen LogP contribution in [0.15, 0.2) is 22.9 Å². The van der Waals surface area contributed by atoms with Crippen molar-refractivity contribution in [3.8, 4) is 0 Å². The first-order valence-electron chi connectivity index (χ1n) is 6.81. The van der Waals surface area contributed by atoms with Gasteiger partial charge in [0.15, 0.2) is 0 Å². The number of hydrazine groups is 1. The molecule has 1 aromatic rings. The third-order valence-electron chi connectivity index (χ3n) is 4.52. The molecule has 2 fully saturated rings. The summed E-state index contributed by atoms with van der Waals surface area (Å²) < 4.78 is 28.6. The Labute approximate surface area is 130 Å². The summed E-state index contributed by atoms with van der Waals surface area (Å²) in [4.78, 5) is 16.7. The molecule has 3 heterocycles. The van der Waals surface area contributed by atoms with Gasteiger partial charge >= 0.3 is 0 Å². The van der Waals surface area contributed by atoms with Crippen LogP contribution in [0.3, 0.4) is 0 Å². The molecule has 0 radical (unpaired) electrons. The zero-order chi connectivity index (χ0) is 15.4. The van der Waals surface area contributed by atoms with Crippen molar-refractivity contribution in [3.05, 3.63) is 28.5 Å². The van der Waals surface area contributed by atoms with Gasteiger partial charge in [0.2, 0.25) is 0 Å². The Bertz CT molecular complexity index is 592. The quantitative estimate of drug-likeness (QED) is 0.814. The Hall–Kier alpha value is -1.08. The molecule has 2 aliphatic rings. The van der Waals surface area contributed by atoms with Gasteiger partial charge in [-0.25, -0.2) is 13.8 Å². The normalized spacial score (nSPS) is 30.0. The number of nitrogens with zero attached hydrogens (tertiary/aromatic N) is 3. The van der Waals surface area contributed by atoms with Crippen molar-refractivity contribution in [2.45, 2.75) is 32.2 Å². The molecule has 0 bridgehead atoms. The van der Waals surface area contributed by atoms with Gasteiger partial charge in [-0.3, -0.25) is 14.8 Å². The van der Waals surface area contributed by atoms with Gasteiger partial charge < -0.3 is 0 Å². The van der Waals surface area contributed by atoms with Crippen molar-refractivity contribution >= 4 is 21.8 Å². The van der Waals surface area contributed by atoms with Gasteiger partial charge in [0, 0.05) is 36.9 Å². The molecule has 4 nitrogen and oxygen atoms in total. The van der Waals surface area contributed by atoms with Gasteiger partial charge in [-0.05, 0) is 40.9 Å². The number of halogens is 3. The largest absolute Gasteiger partial charge is 0.272 e. The second kappa shape index (κ2) is 4.71. The summed E-state index contributed by atoms with van der Waals surface area (Å²) in [6.07, 6.45) is 4.08. The first-order chi connectivity index (χ1) is 9.74. The molecule has 0 spiro atoms. The second-order valence-electron chi connectivity index (χ2n) is 6.00. The highest BCUT2D eigenvalue weighted by Crippen LogP contribution is 2.48. The maximum Gasteiger partial charge on any atom is 0.260 e. The van der Waals surface area contributed by atoms with E-state index in [0.717, 1.165) is 23.4 Å². The predicted octanol–water partition coefficient (Wildman–Crippen LogP) is 3.01. The Kier molecular flexibility index (Phi) is 3.33. The maximum absolute atomic E-state index is 13.9. The van der Waals surface area contributed by atoms with E-state index in [9.17, 15) is 13.6 Å². The Morgan fingerprint density at radius 2 is 2.19 bits per heavy atom. The Morgan fingerprint density at radius 3 is 2.81 bits per heavy atom. The van der Waals surface area contributed by atoms with E-state index in [-0.39, 0.29) is 12.6 Å². The molecule has 1 amide bonds. The summed E-state index contributed by atoms with van der Waals surface area (Å²) in [7, 11) is 0. The molecule has 0 aromatic carbocycles. The zero-order valence-corrected chi connectivity index (χ0v) is 13.4. The first-order valence-corrected chi connectivity index (χ1v) is 7.60. The number of rotatable bonds is 2. The van der Waals surface area contributed by atoms with Crippen LogP contribution < -0.4 is 0 Å². The smallest absolute Gasteiger partial charge is 0.260 e. The molecule has 0 N–H and O–H groups in total. The number of aromatic nitrogens is 1. The third kappa shape index (κ3) is 2.17. The van der Waals surface area contributed by atoms with Crippen molar-refractivity contribution in [2.75, 3.05) is 13.1 Å². The molecule has 7 heteroatoms. The fraction of sp³-hybridized carbons (Fsp3) is 0.571. The average molecular weight is 360 g/mol. The summed E-state index contributed by atoms with van der Waals surface area (Å²) >= 11 is 3.35. The first kappa shape index (κ1) is 14.8. The van der Waals surface area contributed by atoms with Crippen molar-refractivity contribution < 1.29 is 13.6 Å². The molecule has 2 unspecified atom stereocenters. The predicted molar refractivity (Wildman–Crippen MR) is 76.4 cm³/mol. The summed E-state index contributed by atoms with van der Waals surface area (Å²) in [6, 6.07) is 1.67. The lowest BCUT2D eigenvalue weighted by atomic mass is 9.83. The van der Waals surface area contributed by atoms with Gasteiger partial charge in [0.25, 0.3) is 11.8 Å². The van der Waals surface area contributed by atoms with Crippen molar-refractivity contribution in [1.82, 2.24) is 15.0 Å². The highest BCUT2D eigenvalue weighted by Gasteiger charge is 2.62. The average Bonchev–Trinajstić information content (AvgIpc) is 2.89.